The first-order valence-corrected chi connectivity index (χ1v) is 6.12. The molecule has 0 bridgehead atoms. The van der Waals surface area contributed by atoms with Gasteiger partial charge in [-0.1, -0.05) is 48.2 Å². The number of hydrogen-bond acceptors (Lipinski definition) is 2. The topological polar surface area (TPSA) is 35.2 Å². The third-order valence-electron chi connectivity index (χ3n) is 2.75. The van der Waals surface area contributed by atoms with Gasteiger partial charge >= 0.3 is 0 Å². The van der Waals surface area contributed by atoms with Gasteiger partial charge < -0.3 is 10.5 Å². The molecule has 0 spiro atoms. The van der Waals surface area contributed by atoms with Crippen molar-refractivity contribution in [2.75, 3.05) is 13.2 Å². The Bertz CT molecular complexity index is 186. The summed E-state index contributed by atoms with van der Waals surface area (Å²) in [6.45, 7) is 4.96. The van der Waals surface area contributed by atoms with Gasteiger partial charge in [0.1, 0.15) is 0 Å². The van der Waals surface area contributed by atoms with E-state index in [0.29, 0.717) is 13.2 Å². The zero-order valence-corrected chi connectivity index (χ0v) is 10.3. The molecule has 0 aliphatic heterocycles. The van der Waals surface area contributed by atoms with Gasteiger partial charge in [0.15, 0.2) is 0 Å². The summed E-state index contributed by atoms with van der Waals surface area (Å²) in [5.41, 5.74) is 6.19. The zero-order chi connectivity index (χ0) is 10.4. The highest BCUT2D eigenvalue weighted by Crippen LogP contribution is 2.25. The van der Waals surface area contributed by atoms with Crippen molar-refractivity contribution in [2.45, 2.75) is 44.1 Å². The van der Waals surface area contributed by atoms with Crippen molar-refractivity contribution >= 4 is 15.9 Å². The van der Waals surface area contributed by atoms with Crippen molar-refractivity contribution in [3.8, 4) is 0 Å². The predicted molar refractivity (Wildman–Crippen MR) is 63.5 cm³/mol. The van der Waals surface area contributed by atoms with Crippen LogP contribution in [-0.4, -0.2) is 18.8 Å². The molecular formula is C11H20BrNO. The lowest BCUT2D eigenvalue weighted by Crippen LogP contribution is -2.44. The van der Waals surface area contributed by atoms with E-state index in [1.54, 1.807) is 0 Å². The number of hydrogen-bond donors (Lipinski definition) is 1. The minimum atomic E-state index is -0.0844. The summed E-state index contributed by atoms with van der Waals surface area (Å²) < 4.78 is 6.41. The standard InChI is InChI=1S/C11H20BrNO/c1-10(12)8-14-9-11(13)6-4-2-3-5-7-11/h1-9,13H2. The van der Waals surface area contributed by atoms with E-state index < -0.39 is 0 Å². The monoisotopic (exact) mass is 261 g/mol. The minimum Gasteiger partial charge on any atom is -0.374 e. The molecule has 0 atom stereocenters. The van der Waals surface area contributed by atoms with Gasteiger partial charge in [0, 0.05) is 10.0 Å². The zero-order valence-electron chi connectivity index (χ0n) is 8.73. The summed E-state index contributed by atoms with van der Waals surface area (Å²) in [5, 5.41) is 0. The number of nitrogens with two attached hydrogens (primary N) is 1. The Balaban J connectivity index is 2.27. The van der Waals surface area contributed by atoms with E-state index >= 15 is 0 Å². The molecule has 1 aliphatic rings. The Labute approximate surface area is 95.0 Å². The summed E-state index contributed by atoms with van der Waals surface area (Å²) in [6.07, 6.45) is 7.34. The highest BCUT2D eigenvalue weighted by molar-refractivity contribution is 9.11. The molecule has 0 heterocycles. The Morgan fingerprint density at radius 2 is 1.86 bits per heavy atom. The minimum absolute atomic E-state index is 0.0844. The average molecular weight is 262 g/mol. The second-order valence-corrected chi connectivity index (χ2v) is 5.41. The molecule has 0 amide bonds. The Hall–Kier alpha value is 0.140. The molecule has 3 heteroatoms. The maximum atomic E-state index is 6.28. The number of halogens is 1. The quantitative estimate of drug-likeness (QED) is 0.790. The summed E-state index contributed by atoms with van der Waals surface area (Å²) in [4.78, 5) is 0. The van der Waals surface area contributed by atoms with Crippen molar-refractivity contribution in [1.29, 1.82) is 0 Å². The average Bonchev–Trinajstić information content (AvgIpc) is 2.30. The first kappa shape index (κ1) is 12.2. The summed E-state index contributed by atoms with van der Waals surface area (Å²) in [5.74, 6) is 0. The van der Waals surface area contributed by atoms with Crippen molar-refractivity contribution in [3.05, 3.63) is 11.1 Å². The van der Waals surface area contributed by atoms with E-state index in [-0.39, 0.29) is 5.54 Å². The van der Waals surface area contributed by atoms with E-state index in [4.69, 9.17) is 10.5 Å². The number of rotatable bonds is 4. The van der Waals surface area contributed by atoms with Crippen molar-refractivity contribution in [1.82, 2.24) is 0 Å². The molecule has 2 N–H and O–H groups in total. The molecule has 1 aliphatic carbocycles. The molecule has 0 aromatic rings. The van der Waals surface area contributed by atoms with Crippen LogP contribution in [0.5, 0.6) is 0 Å². The maximum Gasteiger partial charge on any atom is 0.0776 e. The fraction of sp³-hybridized carbons (Fsp3) is 0.818. The smallest absolute Gasteiger partial charge is 0.0776 e. The summed E-state index contributed by atoms with van der Waals surface area (Å²) >= 11 is 3.27. The third-order valence-corrected chi connectivity index (χ3v) is 2.98. The lowest BCUT2D eigenvalue weighted by Gasteiger charge is -2.27. The molecule has 2 nitrogen and oxygen atoms in total. The Morgan fingerprint density at radius 1 is 1.29 bits per heavy atom. The van der Waals surface area contributed by atoms with Crippen LogP contribution in [0.4, 0.5) is 0 Å². The van der Waals surface area contributed by atoms with Gasteiger partial charge in [0.05, 0.1) is 13.2 Å². The normalized spacial score (nSPS) is 21.6. The second kappa shape index (κ2) is 5.89. The molecule has 0 unspecified atom stereocenters. The second-order valence-electron chi connectivity index (χ2n) is 4.29. The lowest BCUT2D eigenvalue weighted by molar-refractivity contribution is 0.0966. The van der Waals surface area contributed by atoms with Gasteiger partial charge in [-0.05, 0) is 12.8 Å². The van der Waals surface area contributed by atoms with E-state index in [0.717, 1.165) is 17.3 Å². The van der Waals surface area contributed by atoms with Gasteiger partial charge in [0.25, 0.3) is 0 Å². The van der Waals surface area contributed by atoms with Crippen LogP contribution in [0, 0.1) is 0 Å². The van der Waals surface area contributed by atoms with Gasteiger partial charge in [0.2, 0.25) is 0 Å². The van der Waals surface area contributed by atoms with E-state index in [2.05, 4.69) is 22.5 Å². The van der Waals surface area contributed by atoms with Crippen LogP contribution in [0.1, 0.15) is 38.5 Å². The fourth-order valence-corrected chi connectivity index (χ4v) is 2.10. The molecule has 1 fully saturated rings. The Morgan fingerprint density at radius 3 is 2.36 bits per heavy atom. The first-order chi connectivity index (χ1) is 6.62. The highest BCUT2D eigenvalue weighted by atomic mass is 79.9. The van der Waals surface area contributed by atoms with E-state index in [1.807, 2.05) is 0 Å². The van der Waals surface area contributed by atoms with Crippen molar-refractivity contribution in [2.24, 2.45) is 5.73 Å². The Kier molecular flexibility index (Phi) is 5.13. The molecule has 0 aromatic heterocycles. The molecule has 1 rings (SSSR count). The van der Waals surface area contributed by atoms with Gasteiger partial charge in [-0.15, -0.1) is 0 Å². The molecule has 0 radical (unpaired) electrons. The molecule has 0 saturated heterocycles. The van der Waals surface area contributed by atoms with Crippen molar-refractivity contribution in [3.63, 3.8) is 0 Å². The largest absolute Gasteiger partial charge is 0.374 e. The summed E-state index contributed by atoms with van der Waals surface area (Å²) in [6, 6.07) is 0. The van der Waals surface area contributed by atoms with E-state index in [9.17, 15) is 0 Å². The van der Waals surface area contributed by atoms with Crippen LogP contribution >= 0.6 is 15.9 Å². The van der Waals surface area contributed by atoms with Gasteiger partial charge in [-0.25, -0.2) is 0 Å². The molecule has 1 saturated carbocycles. The van der Waals surface area contributed by atoms with Gasteiger partial charge in [-0.2, -0.15) is 0 Å². The maximum absolute atomic E-state index is 6.28. The van der Waals surface area contributed by atoms with Crippen LogP contribution in [-0.2, 0) is 4.74 Å². The molecule has 14 heavy (non-hydrogen) atoms. The highest BCUT2D eigenvalue weighted by Gasteiger charge is 2.26. The van der Waals surface area contributed by atoms with E-state index in [1.165, 1.54) is 25.7 Å². The van der Waals surface area contributed by atoms with Crippen molar-refractivity contribution < 1.29 is 4.74 Å². The van der Waals surface area contributed by atoms with Gasteiger partial charge in [-0.3, -0.25) is 0 Å². The van der Waals surface area contributed by atoms with Crippen LogP contribution in [0.15, 0.2) is 11.1 Å². The SMILES string of the molecule is C=C(Br)COCC1(N)CCCCCC1. The molecule has 0 aromatic carbocycles. The van der Waals surface area contributed by atoms with Crippen LogP contribution in [0.2, 0.25) is 0 Å². The number of ether oxygens (including phenoxy) is 1. The van der Waals surface area contributed by atoms with Crippen LogP contribution in [0.25, 0.3) is 0 Å². The molecule has 82 valence electrons. The fourth-order valence-electron chi connectivity index (χ4n) is 1.94. The van der Waals surface area contributed by atoms with Crippen LogP contribution < -0.4 is 5.73 Å². The molecular weight excluding hydrogens is 242 g/mol. The third kappa shape index (κ3) is 4.58. The summed E-state index contributed by atoms with van der Waals surface area (Å²) in [7, 11) is 0. The first-order valence-electron chi connectivity index (χ1n) is 5.32. The predicted octanol–water partition coefficient (Wildman–Crippen LogP) is 2.96. The lowest BCUT2D eigenvalue weighted by atomic mass is 9.93. The van der Waals surface area contributed by atoms with Crippen LogP contribution in [0.3, 0.4) is 0 Å².